The standard InChI is InChI=1S/C15H26N4O2/c1-4-5-15(6-7-15)9-17-11-12(16)19(8-10(2)3)14(21)18-13(11)20/h10,17H,4-9,16H2,1-3H3,(H,18,20,21). The summed E-state index contributed by atoms with van der Waals surface area (Å²) in [7, 11) is 0. The summed E-state index contributed by atoms with van der Waals surface area (Å²) < 4.78 is 1.44. The van der Waals surface area contributed by atoms with Crippen LogP contribution in [0.1, 0.15) is 46.5 Å². The third kappa shape index (κ3) is 3.49. The van der Waals surface area contributed by atoms with Gasteiger partial charge in [-0.05, 0) is 30.6 Å². The molecule has 0 spiro atoms. The predicted molar refractivity (Wildman–Crippen MR) is 85.6 cm³/mol. The Morgan fingerprint density at radius 3 is 2.57 bits per heavy atom. The minimum absolute atomic E-state index is 0.241. The summed E-state index contributed by atoms with van der Waals surface area (Å²) in [6.07, 6.45) is 4.68. The van der Waals surface area contributed by atoms with E-state index >= 15 is 0 Å². The van der Waals surface area contributed by atoms with E-state index in [1.165, 1.54) is 17.4 Å². The fraction of sp³-hybridized carbons (Fsp3) is 0.733. The third-order valence-electron chi connectivity index (χ3n) is 4.16. The van der Waals surface area contributed by atoms with Crippen LogP contribution in [0.4, 0.5) is 11.5 Å². The molecule has 6 nitrogen and oxygen atoms in total. The second-order valence-corrected chi connectivity index (χ2v) is 6.63. The molecular formula is C15H26N4O2. The second kappa shape index (κ2) is 5.95. The lowest BCUT2D eigenvalue weighted by Crippen LogP contribution is -2.35. The Labute approximate surface area is 124 Å². The van der Waals surface area contributed by atoms with Crippen molar-refractivity contribution in [1.29, 1.82) is 0 Å². The highest BCUT2D eigenvalue weighted by Crippen LogP contribution is 2.49. The first-order valence-electron chi connectivity index (χ1n) is 7.75. The monoisotopic (exact) mass is 294 g/mol. The van der Waals surface area contributed by atoms with Crippen LogP contribution in [0, 0.1) is 11.3 Å². The summed E-state index contributed by atoms with van der Waals surface area (Å²) in [6, 6.07) is 0. The van der Waals surface area contributed by atoms with E-state index in [1.807, 2.05) is 13.8 Å². The van der Waals surface area contributed by atoms with Gasteiger partial charge < -0.3 is 11.1 Å². The Balaban J connectivity index is 2.23. The number of hydrogen-bond donors (Lipinski definition) is 3. The largest absolute Gasteiger partial charge is 0.383 e. The molecular weight excluding hydrogens is 268 g/mol. The van der Waals surface area contributed by atoms with Crippen LogP contribution in [-0.2, 0) is 6.54 Å². The Hall–Kier alpha value is -1.72. The van der Waals surface area contributed by atoms with Crippen LogP contribution in [0.15, 0.2) is 9.59 Å². The van der Waals surface area contributed by atoms with Gasteiger partial charge in [0.15, 0.2) is 0 Å². The van der Waals surface area contributed by atoms with Gasteiger partial charge in [0, 0.05) is 13.1 Å². The molecule has 0 bridgehead atoms. The number of rotatable bonds is 7. The number of aromatic amines is 1. The van der Waals surface area contributed by atoms with Gasteiger partial charge >= 0.3 is 5.69 Å². The summed E-state index contributed by atoms with van der Waals surface area (Å²) in [6.45, 7) is 7.42. The number of hydrogen-bond acceptors (Lipinski definition) is 4. The van der Waals surface area contributed by atoms with E-state index in [4.69, 9.17) is 5.73 Å². The van der Waals surface area contributed by atoms with Gasteiger partial charge in [0.25, 0.3) is 5.56 Å². The summed E-state index contributed by atoms with van der Waals surface area (Å²) in [5.41, 5.74) is 5.82. The summed E-state index contributed by atoms with van der Waals surface area (Å²) in [4.78, 5) is 26.2. The van der Waals surface area contributed by atoms with Gasteiger partial charge in [0.05, 0.1) is 0 Å². The van der Waals surface area contributed by atoms with Gasteiger partial charge in [-0.2, -0.15) is 0 Å². The predicted octanol–water partition coefficient (Wildman–Crippen LogP) is 1.77. The first-order chi connectivity index (χ1) is 9.88. The van der Waals surface area contributed by atoms with E-state index in [2.05, 4.69) is 17.2 Å². The lowest BCUT2D eigenvalue weighted by molar-refractivity contribution is 0.484. The van der Waals surface area contributed by atoms with Gasteiger partial charge in [-0.15, -0.1) is 0 Å². The number of nitrogens with one attached hydrogen (secondary N) is 2. The Morgan fingerprint density at radius 2 is 2.05 bits per heavy atom. The zero-order valence-corrected chi connectivity index (χ0v) is 13.2. The number of nitrogens with zero attached hydrogens (tertiary/aromatic N) is 1. The quantitative estimate of drug-likeness (QED) is 0.714. The molecule has 118 valence electrons. The molecule has 1 fully saturated rings. The van der Waals surface area contributed by atoms with Crippen LogP contribution >= 0.6 is 0 Å². The Bertz CT molecular complexity index is 611. The van der Waals surface area contributed by atoms with E-state index < -0.39 is 11.2 Å². The van der Waals surface area contributed by atoms with Crippen molar-refractivity contribution in [2.45, 2.75) is 53.0 Å². The Morgan fingerprint density at radius 1 is 1.38 bits per heavy atom. The van der Waals surface area contributed by atoms with E-state index in [0.717, 1.165) is 19.4 Å². The molecule has 2 rings (SSSR count). The Kier molecular flexibility index (Phi) is 4.44. The normalized spacial score (nSPS) is 16.2. The maximum Gasteiger partial charge on any atom is 0.330 e. The van der Waals surface area contributed by atoms with Crippen LogP contribution in [0.5, 0.6) is 0 Å². The number of nitrogens with two attached hydrogens (primary N) is 1. The minimum Gasteiger partial charge on any atom is -0.383 e. The highest BCUT2D eigenvalue weighted by molar-refractivity contribution is 5.60. The van der Waals surface area contributed by atoms with Crippen LogP contribution in [-0.4, -0.2) is 16.1 Å². The number of anilines is 2. The van der Waals surface area contributed by atoms with Gasteiger partial charge in [0.2, 0.25) is 0 Å². The number of aromatic nitrogens is 2. The highest BCUT2D eigenvalue weighted by atomic mass is 16.2. The van der Waals surface area contributed by atoms with E-state index in [0.29, 0.717) is 17.6 Å². The second-order valence-electron chi connectivity index (χ2n) is 6.63. The zero-order chi connectivity index (χ0) is 15.6. The van der Waals surface area contributed by atoms with E-state index in [9.17, 15) is 9.59 Å². The molecule has 21 heavy (non-hydrogen) atoms. The molecule has 0 aliphatic heterocycles. The van der Waals surface area contributed by atoms with Crippen molar-refractivity contribution in [3.8, 4) is 0 Å². The fourth-order valence-electron chi connectivity index (χ4n) is 2.80. The maximum absolute atomic E-state index is 12.0. The average Bonchev–Trinajstić information content (AvgIpc) is 3.14. The van der Waals surface area contributed by atoms with Crippen molar-refractivity contribution in [2.75, 3.05) is 17.6 Å². The lowest BCUT2D eigenvalue weighted by Gasteiger charge is -2.18. The lowest BCUT2D eigenvalue weighted by atomic mass is 10.0. The van der Waals surface area contributed by atoms with Crippen LogP contribution in [0.2, 0.25) is 0 Å². The van der Waals surface area contributed by atoms with Crippen LogP contribution in [0.3, 0.4) is 0 Å². The molecule has 0 amide bonds. The van der Waals surface area contributed by atoms with Crippen LogP contribution < -0.4 is 22.3 Å². The summed E-state index contributed by atoms with van der Waals surface area (Å²) in [5.74, 6) is 0.517. The molecule has 1 aliphatic rings. The molecule has 0 unspecified atom stereocenters. The van der Waals surface area contributed by atoms with Gasteiger partial charge in [-0.1, -0.05) is 27.2 Å². The molecule has 1 heterocycles. The molecule has 6 heteroatoms. The molecule has 1 aromatic heterocycles. The highest BCUT2D eigenvalue weighted by Gasteiger charge is 2.41. The minimum atomic E-state index is -0.438. The smallest absolute Gasteiger partial charge is 0.330 e. The third-order valence-corrected chi connectivity index (χ3v) is 4.16. The SMILES string of the molecule is CCCC1(CNc2c(N)n(CC(C)C)c(=O)[nH]c2=O)CC1. The molecule has 0 saturated heterocycles. The van der Waals surface area contributed by atoms with Crippen molar-refractivity contribution in [1.82, 2.24) is 9.55 Å². The topological polar surface area (TPSA) is 92.9 Å². The average molecular weight is 294 g/mol. The molecule has 1 aromatic rings. The molecule has 0 radical (unpaired) electrons. The first-order valence-corrected chi connectivity index (χ1v) is 7.75. The zero-order valence-electron chi connectivity index (χ0n) is 13.2. The van der Waals surface area contributed by atoms with Crippen molar-refractivity contribution in [3.63, 3.8) is 0 Å². The maximum atomic E-state index is 12.0. The molecule has 0 aromatic carbocycles. The van der Waals surface area contributed by atoms with Crippen LogP contribution in [0.25, 0.3) is 0 Å². The van der Waals surface area contributed by atoms with Crippen molar-refractivity contribution in [3.05, 3.63) is 20.8 Å². The molecule has 4 N–H and O–H groups in total. The fourth-order valence-corrected chi connectivity index (χ4v) is 2.80. The summed E-state index contributed by atoms with van der Waals surface area (Å²) >= 11 is 0. The first kappa shape index (κ1) is 15.7. The molecule has 1 saturated carbocycles. The van der Waals surface area contributed by atoms with Crippen molar-refractivity contribution >= 4 is 11.5 Å². The summed E-state index contributed by atoms with van der Waals surface area (Å²) in [5, 5.41) is 3.18. The number of nitrogen functional groups attached to an aromatic ring is 1. The number of H-pyrrole nitrogens is 1. The van der Waals surface area contributed by atoms with E-state index in [-0.39, 0.29) is 11.7 Å². The molecule has 0 atom stereocenters. The van der Waals surface area contributed by atoms with E-state index in [1.54, 1.807) is 0 Å². The molecule has 1 aliphatic carbocycles. The van der Waals surface area contributed by atoms with Gasteiger partial charge in [-0.3, -0.25) is 14.3 Å². The van der Waals surface area contributed by atoms with Gasteiger partial charge in [-0.25, -0.2) is 4.79 Å². The van der Waals surface area contributed by atoms with Crippen molar-refractivity contribution < 1.29 is 0 Å². The van der Waals surface area contributed by atoms with Gasteiger partial charge in [0.1, 0.15) is 11.5 Å². The van der Waals surface area contributed by atoms with Crippen molar-refractivity contribution in [2.24, 2.45) is 11.3 Å².